The van der Waals surface area contributed by atoms with Gasteiger partial charge in [0.2, 0.25) is 0 Å². The highest BCUT2D eigenvalue weighted by atomic mass is 35.5. The number of rotatable bonds is 2. The summed E-state index contributed by atoms with van der Waals surface area (Å²) in [7, 11) is 0. The first-order valence-electron chi connectivity index (χ1n) is 5.96. The number of aromatic nitrogens is 1. The number of carboxylic acids is 1. The van der Waals surface area contributed by atoms with Crippen molar-refractivity contribution in [1.82, 2.24) is 4.98 Å². The molecule has 0 spiro atoms. The van der Waals surface area contributed by atoms with Crippen LogP contribution in [0.25, 0.3) is 21.5 Å². The van der Waals surface area contributed by atoms with Crippen molar-refractivity contribution in [1.29, 1.82) is 0 Å². The molecule has 0 saturated carbocycles. The summed E-state index contributed by atoms with van der Waals surface area (Å²) in [6, 6.07) is 10.9. The molecule has 3 aromatic rings. The highest BCUT2D eigenvalue weighted by molar-refractivity contribution is 7.19. The Morgan fingerprint density at radius 3 is 2.65 bits per heavy atom. The van der Waals surface area contributed by atoms with Gasteiger partial charge in [-0.15, -0.1) is 11.3 Å². The number of thiophene rings is 1. The van der Waals surface area contributed by atoms with Crippen LogP contribution in [0.2, 0.25) is 4.34 Å². The van der Waals surface area contributed by atoms with Crippen LogP contribution in [0.3, 0.4) is 0 Å². The van der Waals surface area contributed by atoms with Crippen molar-refractivity contribution in [2.45, 2.75) is 6.92 Å². The number of pyridine rings is 1. The Bertz CT molecular complexity index is 826. The van der Waals surface area contributed by atoms with Crippen LogP contribution in [0.5, 0.6) is 0 Å². The molecule has 2 aromatic heterocycles. The third-order valence-corrected chi connectivity index (χ3v) is 4.39. The number of nitrogens with zero attached hydrogens (tertiary/aromatic N) is 1. The molecular weight excluding hydrogens is 294 g/mol. The molecule has 1 aromatic carbocycles. The Kier molecular flexibility index (Phi) is 3.20. The third-order valence-electron chi connectivity index (χ3n) is 3.16. The lowest BCUT2D eigenvalue weighted by Gasteiger charge is -2.10. The maximum Gasteiger partial charge on any atom is 0.336 e. The van der Waals surface area contributed by atoms with Crippen LogP contribution in [0, 0.1) is 6.92 Å². The Hall–Kier alpha value is -1.91. The summed E-state index contributed by atoms with van der Waals surface area (Å²) < 4.78 is 0.659. The summed E-state index contributed by atoms with van der Waals surface area (Å²) >= 11 is 7.35. The van der Waals surface area contributed by atoms with Gasteiger partial charge in [-0.3, -0.25) is 0 Å². The number of benzene rings is 1. The fraction of sp³-hybridized carbons (Fsp3) is 0.0667. The first kappa shape index (κ1) is 13.1. The molecular formula is C15H10ClNO2S. The molecule has 3 rings (SSSR count). The van der Waals surface area contributed by atoms with E-state index in [1.807, 2.05) is 24.3 Å². The Balaban J connectivity index is 2.39. The standard InChI is InChI=1S/C15H10ClNO2S/c1-8-13(15(18)19)9-4-2-3-5-10(9)17-14(8)11-6-7-12(16)20-11/h2-7H,1H3,(H,18,19). The lowest BCUT2D eigenvalue weighted by molar-refractivity contribution is 0.0698. The smallest absolute Gasteiger partial charge is 0.336 e. The van der Waals surface area contributed by atoms with Gasteiger partial charge in [-0.1, -0.05) is 29.8 Å². The predicted molar refractivity (Wildman–Crippen MR) is 81.8 cm³/mol. The molecule has 20 heavy (non-hydrogen) atoms. The highest BCUT2D eigenvalue weighted by Gasteiger charge is 2.18. The van der Waals surface area contributed by atoms with Gasteiger partial charge in [0, 0.05) is 5.39 Å². The number of hydrogen-bond donors (Lipinski definition) is 1. The molecule has 3 nitrogen and oxygen atoms in total. The van der Waals surface area contributed by atoms with Gasteiger partial charge >= 0.3 is 5.97 Å². The predicted octanol–water partition coefficient (Wildman–Crippen LogP) is 4.62. The van der Waals surface area contributed by atoms with Gasteiger partial charge < -0.3 is 5.11 Å². The van der Waals surface area contributed by atoms with Crippen LogP contribution in [0.15, 0.2) is 36.4 Å². The van der Waals surface area contributed by atoms with Crippen molar-refractivity contribution in [3.63, 3.8) is 0 Å². The zero-order chi connectivity index (χ0) is 14.3. The van der Waals surface area contributed by atoms with Gasteiger partial charge in [-0.25, -0.2) is 9.78 Å². The van der Waals surface area contributed by atoms with Crippen molar-refractivity contribution >= 4 is 39.8 Å². The minimum absolute atomic E-state index is 0.301. The van der Waals surface area contributed by atoms with E-state index in [4.69, 9.17) is 11.6 Å². The molecule has 0 bridgehead atoms. The van der Waals surface area contributed by atoms with E-state index in [-0.39, 0.29) is 0 Å². The van der Waals surface area contributed by atoms with Gasteiger partial charge in [0.05, 0.1) is 26.0 Å². The number of fused-ring (bicyclic) bond motifs is 1. The topological polar surface area (TPSA) is 50.2 Å². The highest BCUT2D eigenvalue weighted by Crippen LogP contribution is 2.35. The van der Waals surface area contributed by atoms with Gasteiger partial charge in [-0.2, -0.15) is 0 Å². The van der Waals surface area contributed by atoms with E-state index >= 15 is 0 Å². The van der Waals surface area contributed by atoms with Crippen molar-refractivity contribution in [3.8, 4) is 10.6 Å². The van der Waals surface area contributed by atoms with Crippen LogP contribution in [0.4, 0.5) is 0 Å². The molecule has 0 atom stereocenters. The van der Waals surface area contributed by atoms with Crippen molar-refractivity contribution in [3.05, 3.63) is 51.9 Å². The third kappa shape index (κ3) is 2.07. The average Bonchev–Trinajstić information content (AvgIpc) is 2.84. The van der Waals surface area contributed by atoms with E-state index in [9.17, 15) is 9.90 Å². The summed E-state index contributed by atoms with van der Waals surface area (Å²) in [6.07, 6.45) is 0. The van der Waals surface area contributed by atoms with Crippen LogP contribution >= 0.6 is 22.9 Å². The number of para-hydroxylation sites is 1. The number of carboxylic acid groups (broad SMARTS) is 1. The zero-order valence-electron chi connectivity index (χ0n) is 10.6. The Labute approximate surface area is 124 Å². The number of hydrogen-bond acceptors (Lipinski definition) is 3. The second kappa shape index (κ2) is 4.89. The second-order valence-corrected chi connectivity index (χ2v) is 6.10. The van der Waals surface area contributed by atoms with Crippen molar-refractivity contribution < 1.29 is 9.90 Å². The Morgan fingerprint density at radius 2 is 2.00 bits per heavy atom. The van der Waals surface area contributed by atoms with Crippen LogP contribution < -0.4 is 0 Å². The molecule has 5 heteroatoms. The van der Waals surface area contributed by atoms with E-state index in [1.54, 1.807) is 19.1 Å². The van der Waals surface area contributed by atoms with Crippen molar-refractivity contribution in [2.75, 3.05) is 0 Å². The number of halogens is 1. The largest absolute Gasteiger partial charge is 0.478 e. The lowest BCUT2D eigenvalue weighted by Crippen LogP contribution is -2.04. The molecule has 0 amide bonds. The maximum absolute atomic E-state index is 11.6. The minimum atomic E-state index is -0.940. The van der Waals surface area contributed by atoms with Gasteiger partial charge in [0.1, 0.15) is 0 Å². The summed E-state index contributed by atoms with van der Waals surface area (Å²) in [5, 5.41) is 10.1. The van der Waals surface area contributed by atoms with E-state index in [2.05, 4.69) is 4.98 Å². The van der Waals surface area contributed by atoms with E-state index in [0.717, 1.165) is 4.88 Å². The van der Waals surface area contributed by atoms with Gasteiger partial charge in [0.15, 0.2) is 0 Å². The molecule has 0 unspecified atom stereocenters. The first-order valence-corrected chi connectivity index (χ1v) is 7.15. The van der Waals surface area contributed by atoms with Gasteiger partial charge in [0.25, 0.3) is 0 Å². The fourth-order valence-corrected chi connectivity index (χ4v) is 3.35. The fourth-order valence-electron chi connectivity index (χ4n) is 2.26. The van der Waals surface area contributed by atoms with Gasteiger partial charge in [-0.05, 0) is 30.7 Å². The summed E-state index contributed by atoms with van der Waals surface area (Å²) in [5.74, 6) is -0.940. The van der Waals surface area contributed by atoms with E-state index in [0.29, 0.717) is 32.1 Å². The minimum Gasteiger partial charge on any atom is -0.478 e. The number of carbonyl (C=O) groups is 1. The average molecular weight is 304 g/mol. The van der Waals surface area contributed by atoms with E-state index in [1.165, 1.54) is 11.3 Å². The molecule has 100 valence electrons. The molecule has 1 N–H and O–H groups in total. The Morgan fingerprint density at radius 1 is 1.25 bits per heavy atom. The second-order valence-electron chi connectivity index (χ2n) is 4.39. The quantitative estimate of drug-likeness (QED) is 0.751. The van der Waals surface area contributed by atoms with Crippen molar-refractivity contribution in [2.24, 2.45) is 0 Å². The summed E-state index contributed by atoms with van der Waals surface area (Å²) in [5.41, 5.74) is 2.32. The normalized spacial score (nSPS) is 10.9. The maximum atomic E-state index is 11.6. The molecule has 2 heterocycles. The first-order chi connectivity index (χ1) is 9.58. The zero-order valence-corrected chi connectivity index (χ0v) is 12.1. The monoisotopic (exact) mass is 303 g/mol. The molecule has 0 fully saturated rings. The summed E-state index contributed by atoms with van der Waals surface area (Å²) in [4.78, 5) is 17.0. The summed E-state index contributed by atoms with van der Waals surface area (Å²) in [6.45, 7) is 1.78. The SMILES string of the molecule is Cc1c(-c2ccc(Cl)s2)nc2ccccc2c1C(=O)O. The number of aromatic carboxylic acids is 1. The molecule has 0 radical (unpaired) electrons. The van der Waals surface area contributed by atoms with Crippen LogP contribution in [-0.4, -0.2) is 16.1 Å². The van der Waals surface area contributed by atoms with Crippen LogP contribution in [-0.2, 0) is 0 Å². The molecule has 0 aliphatic carbocycles. The lowest BCUT2D eigenvalue weighted by atomic mass is 10.0. The molecule has 0 aliphatic rings. The van der Waals surface area contributed by atoms with E-state index < -0.39 is 5.97 Å². The van der Waals surface area contributed by atoms with Crippen LogP contribution in [0.1, 0.15) is 15.9 Å². The molecule has 0 aliphatic heterocycles. The molecule has 0 saturated heterocycles.